The Kier molecular flexibility index (Phi) is 5.90. The number of hydrogen-bond donors (Lipinski definition) is 1. The highest BCUT2D eigenvalue weighted by atomic mass is 16.5. The molecule has 144 valence electrons. The van der Waals surface area contributed by atoms with Crippen LogP contribution in [-0.2, 0) is 0 Å². The summed E-state index contributed by atoms with van der Waals surface area (Å²) < 4.78 is 5.27. The summed E-state index contributed by atoms with van der Waals surface area (Å²) in [5.74, 6) is 2.73. The third-order valence-corrected chi connectivity index (χ3v) is 5.93. The minimum atomic E-state index is 0.612. The Hall–Kier alpha value is -2.11. The van der Waals surface area contributed by atoms with Crippen LogP contribution < -0.4 is 15.1 Å². The van der Waals surface area contributed by atoms with Crippen molar-refractivity contribution in [3.8, 4) is 5.75 Å². The van der Waals surface area contributed by atoms with Crippen LogP contribution in [0.5, 0.6) is 5.75 Å². The lowest BCUT2D eigenvalue weighted by molar-refractivity contribution is 0.127. The Morgan fingerprint density at radius 3 is 2.30 bits per heavy atom. The SMILES string of the molecule is COc1ccc(C2CCC(NN3CCN(c4ccccn4)CC3)CC2)cc1. The van der Waals surface area contributed by atoms with Crippen LogP contribution in [0.4, 0.5) is 5.82 Å². The monoisotopic (exact) mass is 366 g/mol. The third kappa shape index (κ3) is 4.60. The van der Waals surface area contributed by atoms with Gasteiger partial charge >= 0.3 is 0 Å². The summed E-state index contributed by atoms with van der Waals surface area (Å²) in [4.78, 5) is 6.84. The molecule has 1 aromatic heterocycles. The highest BCUT2D eigenvalue weighted by Gasteiger charge is 2.25. The minimum Gasteiger partial charge on any atom is -0.497 e. The summed E-state index contributed by atoms with van der Waals surface area (Å²) in [6, 6.07) is 15.4. The second-order valence-corrected chi connectivity index (χ2v) is 7.61. The van der Waals surface area contributed by atoms with Gasteiger partial charge in [0.1, 0.15) is 11.6 Å². The number of aromatic nitrogens is 1. The minimum absolute atomic E-state index is 0.612. The molecule has 2 aromatic rings. The van der Waals surface area contributed by atoms with Crippen molar-refractivity contribution in [2.24, 2.45) is 0 Å². The van der Waals surface area contributed by atoms with Crippen molar-refractivity contribution in [3.05, 3.63) is 54.2 Å². The largest absolute Gasteiger partial charge is 0.497 e. The average molecular weight is 367 g/mol. The molecule has 0 bridgehead atoms. The molecule has 1 aliphatic heterocycles. The lowest BCUT2D eigenvalue weighted by Crippen LogP contribution is -2.55. The zero-order valence-electron chi connectivity index (χ0n) is 16.2. The van der Waals surface area contributed by atoms with E-state index < -0.39 is 0 Å². The number of anilines is 1. The first-order chi connectivity index (χ1) is 13.3. The van der Waals surface area contributed by atoms with Gasteiger partial charge in [-0.1, -0.05) is 18.2 Å². The van der Waals surface area contributed by atoms with E-state index in [2.05, 4.69) is 56.7 Å². The van der Waals surface area contributed by atoms with Crippen molar-refractivity contribution >= 4 is 5.82 Å². The van der Waals surface area contributed by atoms with Gasteiger partial charge in [-0.25, -0.2) is 9.99 Å². The maximum atomic E-state index is 5.27. The number of nitrogens with one attached hydrogen (secondary N) is 1. The smallest absolute Gasteiger partial charge is 0.128 e. The van der Waals surface area contributed by atoms with Gasteiger partial charge in [0.15, 0.2) is 0 Å². The van der Waals surface area contributed by atoms with Crippen LogP contribution in [0.2, 0.25) is 0 Å². The molecule has 2 heterocycles. The van der Waals surface area contributed by atoms with Gasteiger partial charge in [0.2, 0.25) is 0 Å². The lowest BCUT2D eigenvalue weighted by atomic mass is 9.82. The van der Waals surface area contributed by atoms with Crippen LogP contribution in [0, 0.1) is 0 Å². The van der Waals surface area contributed by atoms with E-state index in [-0.39, 0.29) is 0 Å². The van der Waals surface area contributed by atoms with E-state index in [9.17, 15) is 0 Å². The molecular formula is C22H30N4O. The molecule has 5 heteroatoms. The molecule has 0 atom stereocenters. The molecule has 1 saturated heterocycles. The molecule has 0 amide bonds. The molecule has 2 aliphatic rings. The third-order valence-electron chi connectivity index (χ3n) is 5.93. The van der Waals surface area contributed by atoms with Crippen molar-refractivity contribution in [3.63, 3.8) is 0 Å². The molecule has 5 nitrogen and oxygen atoms in total. The van der Waals surface area contributed by atoms with Gasteiger partial charge in [0, 0.05) is 38.4 Å². The number of rotatable bonds is 5. The van der Waals surface area contributed by atoms with Crippen LogP contribution in [0.1, 0.15) is 37.2 Å². The van der Waals surface area contributed by atoms with Crippen LogP contribution in [0.25, 0.3) is 0 Å². The molecule has 0 unspecified atom stereocenters. The van der Waals surface area contributed by atoms with Crippen molar-refractivity contribution < 1.29 is 4.74 Å². The highest BCUT2D eigenvalue weighted by molar-refractivity contribution is 5.38. The number of ether oxygens (including phenoxy) is 1. The quantitative estimate of drug-likeness (QED) is 0.878. The van der Waals surface area contributed by atoms with Crippen molar-refractivity contribution in [2.75, 3.05) is 38.2 Å². The number of nitrogens with zero attached hydrogens (tertiary/aromatic N) is 3. The predicted octanol–water partition coefficient (Wildman–Crippen LogP) is 3.44. The van der Waals surface area contributed by atoms with E-state index in [1.807, 2.05) is 12.3 Å². The van der Waals surface area contributed by atoms with Gasteiger partial charge < -0.3 is 9.64 Å². The number of piperazine rings is 1. The van der Waals surface area contributed by atoms with Gasteiger partial charge in [0.25, 0.3) is 0 Å². The normalized spacial score (nSPS) is 24.0. The Labute approximate surface area is 162 Å². The maximum Gasteiger partial charge on any atom is 0.128 e. The highest BCUT2D eigenvalue weighted by Crippen LogP contribution is 2.33. The Bertz CT molecular complexity index is 690. The fourth-order valence-electron chi connectivity index (χ4n) is 4.30. The fourth-order valence-corrected chi connectivity index (χ4v) is 4.30. The topological polar surface area (TPSA) is 40.6 Å². The lowest BCUT2D eigenvalue weighted by Gasteiger charge is -2.39. The van der Waals surface area contributed by atoms with Crippen LogP contribution >= 0.6 is 0 Å². The van der Waals surface area contributed by atoms with Gasteiger partial charge in [-0.3, -0.25) is 5.43 Å². The summed E-state index contributed by atoms with van der Waals surface area (Å²) in [6.07, 6.45) is 6.89. The molecule has 1 N–H and O–H groups in total. The second-order valence-electron chi connectivity index (χ2n) is 7.61. The molecule has 1 aliphatic carbocycles. The first-order valence-electron chi connectivity index (χ1n) is 10.1. The summed E-state index contributed by atoms with van der Waals surface area (Å²) in [5, 5.41) is 2.41. The molecule has 0 spiro atoms. The second kappa shape index (κ2) is 8.72. The Morgan fingerprint density at radius 1 is 0.926 bits per heavy atom. The average Bonchev–Trinajstić information content (AvgIpc) is 2.76. The molecule has 2 fully saturated rings. The van der Waals surface area contributed by atoms with Gasteiger partial charge in [-0.2, -0.15) is 0 Å². The van der Waals surface area contributed by atoms with E-state index in [1.165, 1.54) is 31.2 Å². The zero-order chi connectivity index (χ0) is 18.5. The standard InChI is InChI=1S/C22H30N4O/c1-27-21-11-7-19(8-12-21)18-5-9-20(10-6-18)24-26-16-14-25(15-17-26)22-4-2-3-13-23-22/h2-4,7-8,11-13,18,20,24H,5-6,9-10,14-17H2,1H3. The van der Waals surface area contributed by atoms with Crippen molar-refractivity contribution in [1.82, 2.24) is 15.4 Å². The van der Waals surface area contributed by atoms with E-state index in [4.69, 9.17) is 4.74 Å². The van der Waals surface area contributed by atoms with E-state index in [0.29, 0.717) is 12.0 Å². The summed E-state index contributed by atoms with van der Waals surface area (Å²) in [7, 11) is 1.72. The van der Waals surface area contributed by atoms with Gasteiger partial charge in [-0.15, -0.1) is 0 Å². The first-order valence-corrected chi connectivity index (χ1v) is 10.1. The number of methoxy groups -OCH3 is 1. The van der Waals surface area contributed by atoms with Crippen molar-refractivity contribution in [2.45, 2.75) is 37.6 Å². The zero-order valence-corrected chi connectivity index (χ0v) is 16.2. The van der Waals surface area contributed by atoms with Crippen LogP contribution in [0.15, 0.2) is 48.7 Å². The van der Waals surface area contributed by atoms with E-state index >= 15 is 0 Å². The maximum absolute atomic E-state index is 5.27. The predicted molar refractivity (Wildman–Crippen MR) is 109 cm³/mol. The number of benzene rings is 1. The first kappa shape index (κ1) is 18.3. The van der Waals surface area contributed by atoms with E-state index in [0.717, 1.165) is 37.7 Å². The summed E-state index contributed by atoms with van der Waals surface area (Å²) in [6.45, 7) is 4.17. The Morgan fingerprint density at radius 2 is 1.67 bits per heavy atom. The molecule has 0 radical (unpaired) electrons. The van der Waals surface area contributed by atoms with Crippen molar-refractivity contribution in [1.29, 1.82) is 0 Å². The summed E-state index contributed by atoms with van der Waals surface area (Å²) >= 11 is 0. The number of pyridine rings is 1. The summed E-state index contributed by atoms with van der Waals surface area (Å²) in [5.41, 5.74) is 5.24. The van der Waals surface area contributed by atoms with Crippen LogP contribution in [-0.4, -0.2) is 49.3 Å². The number of hydrazine groups is 1. The molecular weight excluding hydrogens is 336 g/mol. The molecule has 27 heavy (non-hydrogen) atoms. The fraction of sp³-hybridized carbons (Fsp3) is 0.500. The van der Waals surface area contributed by atoms with Gasteiger partial charge in [0.05, 0.1) is 7.11 Å². The molecule has 4 rings (SSSR count). The molecule has 1 saturated carbocycles. The Balaban J connectivity index is 1.22. The van der Waals surface area contributed by atoms with Gasteiger partial charge in [-0.05, 0) is 61.4 Å². The van der Waals surface area contributed by atoms with E-state index in [1.54, 1.807) is 7.11 Å². The molecule has 1 aromatic carbocycles. The van der Waals surface area contributed by atoms with Crippen LogP contribution in [0.3, 0.4) is 0 Å². The number of hydrogen-bond acceptors (Lipinski definition) is 5.